The Morgan fingerprint density at radius 1 is 1.14 bits per heavy atom. The molecule has 3 aromatic rings. The van der Waals surface area contributed by atoms with E-state index < -0.39 is 11.6 Å². The lowest BCUT2D eigenvalue weighted by Gasteiger charge is -2.45. The predicted molar refractivity (Wildman–Crippen MR) is 146 cm³/mol. The van der Waals surface area contributed by atoms with Gasteiger partial charge in [-0.15, -0.1) is 0 Å². The van der Waals surface area contributed by atoms with E-state index in [1.807, 2.05) is 55.3 Å². The molecule has 4 rings (SSSR count). The molecule has 192 valence electrons. The van der Waals surface area contributed by atoms with Crippen LogP contribution in [0.3, 0.4) is 0 Å². The first-order valence-electron chi connectivity index (χ1n) is 13.0. The first kappa shape index (κ1) is 26.0. The molecule has 2 heterocycles. The number of carbonyl (C=O) groups excluding carboxylic acids is 2. The minimum absolute atomic E-state index is 0.0188. The summed E-state index contributed by atoms with van der Waals surface area (Å²) in [5.74, 6) is 0.0989. The van der Waals surface area contributed by atoms with E-state index in [4.69, 9.17) is 5.73 Å². The monoisotopic (exact) mass is 488 g/mol. The molecule has 0 spiro atoms. The quantitative estimate of drug-likeness (QED) is 0.427. The van der Waals surface area contributed by atoms with Crippen LogP contribution in [-0.2, 0) is 16.0 Å². The standard InChI is InChI=1S/C30H40N4O2/c1-21(22-11-6-5-7-12-22)30(4)15-10-16-34(20-30)28(36)26(33-27(35)18-29(2,3)31)17-23-19-32-25-14-9-8-13-24(23)25/h5-9,11-14,19,21,26,32H,10,15-18,20,31H2,1-4H3,(H,33,35)/t21-,26+,30-/m0/s1. The fraction of sp³-hybridized carbons (Fsp3) is 0.467. The van der Waals surface area contributed by atoms with E-state index in [-0.39, 0.29) is 23.7 Å². The van der Waals surface area contributed by atoms with Crippen LogP contribution in [0.4, 0.5) is 0 Å². The molecule has 4 N–H and O–H groups in total. The lowest BCUT2D eigenvalue weighted by atomic mass is 9.69. The second kappa shape index (κ2) is 10.5. The van der Waals surface area contributed by atoms with Crippen LogP contribution in [0.5, 0.6) is 0 Å². The van der Waals surface area contributed by atoms with Crippen molar-refractivity contribution in [3.63, 3.8) is 0 Å². The number of hydrogen-bond acceptors (Lipinski definition) is 3. The van der Waals surface area contributed by atoms with E-state index in [9.17, 15) is 9.59 Å². The number of benzene rings is 2. The Labute approximate surface area is 214 Å². The number of fused-ring (bicyclic) bond motifs is 1. The molecule has 1 aliphatic heterocycles. The molecule has 1 aromatic heterocycles. The maximum atomic E-state index is 14.0. The highest BCUT2D eigenvalue weighted by molar-refractivity contribution is 5.90. The zero-order chi connectivity index (χ0) is 25.9. The molecule has 0 aliphatic carbocycles. The van der Waals surface area contributed by atoms with Crippen LogP contribution < -0.4 is 11.1 Å². The topological polar surface area (TPSA) is 91.2 Å². The fourth-order valence-corrected chi connectivity index (χ4v) is 5.55. The third-order valence-corrected chi connectivity index (χ3v) is 7.73. The Morgan fingerprint density at radius 2 is 1.83 bits per heavy atom. The molecule has 6 heteroatoms. The second-order valence-electron chi connectivity index (χ2n) is 11.5. The highest BCUT2D eigenvalue weighted by Gasteiger charge is 2.40. The third kappa shape index (κ3) is 5.98. The molecule has 0 radical (unpaired) electrons. The molecule has 3 atom stereocenters. The van der Waals surface area contributed by atoms with Gasteiger partial charge in [-0.2, -0.15) is 0 Å². The summed E-state index contributed by atoms with van der Waals surface area (Å²) >= 11 is 0. The summed E-state index contributed by atoms with van der Waals surface area (Å²) in [6.07, 6.45) is 4.55. The van der Waals surface area contributed by atoms with Crippen LogP contribution in [0.1, 0.15) is 64.0 Å². The van der Waals surface area contributed by atoms with Crippen molar-refractivity contribution in [2.75, 3.05) is 13.1 Å². The van der Waals surface area contributed by atoms with Crippen molar-refractivity contribution < 1.29 is 9.59 Å². The van der Waals surface area contributed by atoms with Crippen molar-refractivity contribution in [3.8, 4) is 0 Å². The summed E-state index contributed by atoms with van der Waals surface area (Å²) in [6, 6.07) is 17.9. The average Bonchev–Trinajstić information content (AvgIpc) is 3.25. The molecular formula is C30H40N4O2. The number of H-pyrrole nitrogens is 1. The third-order valence-electron chi connectivity index (χ3n) is 7.73. The van der Waals surface area contributed by atoms with Gasteiger partial charge in [0, 0.05) is 48.6 Å². The van der Waals surface area contributed by atoms with E-state index in [0.29, 0.717) is 25.4 Å². The van der Waals surface area contributed by atoms with Crippen molar-refractivity contribution in [1.82, 2.24) is 15.2 Å². The van der Waals surface area contributed by atoms with E-state index in [1.54, 1.807) is 0 Å². The minimum atomic E-state index is -0.646. The second-order valence-corrected chi connectivity index (χ2v) is 11.5. The number of nitrogens with two attached hydrogens (primary N) is 1. The smallest absolute Gasteiger partial charge is 0.245 e. The van der Waals surface area contributed by atoms with Gasteiger partial charge < -0.3 is 20.9 Å². The van der Waals surface area contributed by atoms with Crippen LogP contribution in [0.2, 0.25) is 0 Å². The lowest BCUT2D eigenvalue weighted by Crippen LogP contribution is -2.55. The first-order valence-corrected chi connectivity index (χ1v) is 13.0. The van der Waals surface area contributed by atoms with Gasteiger partial charge in [-0.3, -0.25) is 9.59 Å². The van der Waals surface area contributed by atoms with Crippen molar-refractivity contribution in [2.45, 2.75) is 70.9 Å². The highest BCUT2D eigenvalue weighted by atomic mass is 16.2. The predicted octanol–water partition coefficient (Wildman–Crippen LogP) is 4.76. The fourth-order valence-electron chi connectivity index (χ4n) is 5.55. The van der Waals surface area contributed by atoms with Gasteiger partial charge >= 0.3 is 0 Å². The molecule has 0 bridgehead atoms. The Bertz CT molecular complexity index is 1200. The maximum absolute atomic E-state index is 14.0. The average molecular weight is 489 g/mol. The maximum Gasteiger partial charge on any atom is 0.245 e. The summed E-state index contributed by atoms with van der Waals surface area (Å²) < 4.78 is 0. The SMILES string of the molecule is C[C@@H](c1ccccc1)[C@@]1(C)CCCN(C(=O)[C@@H](Cc2c[nH]c3ccccc23)NC(=O)CC(C)(C)N)C1. The largest absolute Gasteiger partial charge is 0.361 e. The number of hydrogen-bond donors (Lipinski definition) is 3. The van der Waals surface area contributed by atoms with Crippen LogP contribution in [0.25, 0.3) is 10.9 Å². The first-order chi connectivity index (χ1) is 17.1. The number of carbonyl (C=O) groups is 2. The van der Waals surface area contributed by atoms with Crippen LogP contribution >= 0.6 is 0 Å². The molecule has 2 aromatic carbocycles. The molecule has 2 amide bonds. The Balaban J connectivity index is 1.57. The number of likely N-dealkylation sites (tertiary alicyclic amines) is 1. The number of aromatic amines is 1. The van der Waals surface area contributed by atoms with E-state index in [2.05, 4.69) is 48.4 Å². The van der Waals surface area contributed by atoms with Crippen molar-refractivity contribution in [2.24, 2.45) is 11.1 Å². The van der Waals surface area contributed by atoms with Gasteiger partial charge in [0.25, 0.3) is 0 Å². The lowest BCUT2D eigenvalue weighted by molar-refractivity contribution is -0.139. The van der Waals surface area contributed by atoms with E-state index in [0.717, 1.165) is 29.3 Å². The minimum Gasteiger partial charge on any atom is -0.361 e. The van der Waals surface area contributed by atoms with Crippen molar-refractivity contribution >= 4 is 22.7 Å². The molecule has 0 saturated carbocycles. The van der Waals surface area contributed by atoms with Gasteiger partial charge in [-0.1, -0.05) is 62.4 Å². The normalized spacial score (nSPS) is 20.2. The summed E-state index contributed by atoms with van der Waals surface area (Å²) in [7, 11) is 0. The molecule has 1 fully saturated rings. The van der Waals surface area contributed by atoms with E-state index >= 15 is 0 Å². The number of rotatable bonds is 8. The summed E-state index contributed by atoms with van der Waals surface area (Å²) in [4.78, 5) is 32.1. The Morgan fingerprint density at radius 3 is 2.56 bits per heavy atom. The molecule has 1 saturated heterocycles. The van der Waals surface area contributed by atoms with Gasteiger partial charge in [-0.25, -0.2) is 0 Å². The number of piperidine rings is 1. The molecule has 6 nitrogen and oxygen atoms in total. The van der Waals surface area contributed by atoms with Crippen LogP contribution in [0, 0.1) is 5.41 Å². The van der Waals surface area contributed by atoms with E-state index in [1.165, 1.54) is 5.56 Å². The molecule has 36 heavy (non-hydrogen) atoms. The number of amides is 2. The highest BCUT2D eigenvalue weighted by Crippen LogP contribution is 2.42. The van der Waals surface area contributed by atoms with Gasteiger partial charge in [0.1, 0.15) is 6.04 Å². The Hall–Kier alpha value is -3.12. The van der Waals surface area contributed by atoms with Crippen LogP contribution in [-0.4, -0.2) is 46.4 Å². The molecule has 1 aliphatic rings. The summed E-state index contributed by atoms with van der Waals surface area (Å²) in [6.45, 7) is 9.57. The number of aromatic nitrogens is 1. The van der Waals surface area contributed by atoms with Crippen molar-refractivity contribution in [1.29, 1.82) is 0 Å². The number of para-hydroxylation sites is 1. The van der Waals surface area contributed by atoms with Gasteiger partial charge in [-0.05, 0) is 55.2 Å². The zero-order valence-corrected chi connectivity index (χ0v) is 22.0. The van der Waals surface area contributed by atoms with Gasteiger partial charge in [0.15, 0.2) is 0 Å². The van der Waals surface area contributed by atoms with Crippen LogP contribution in [0.15, 0.2) is 60.8 Å². The summed E-state index contributed by atoms with van der Waals surface area (Å²) in [5, 5.41) is 4.11. The van der Waals surface area contributed by atoms with Gasteiger partial charge in [0.05, 0.1) is 0 Å². The number of nitrogens with one attached hydrogen (secondary N) is 2. The summed E-state index contributed by atoms with van der Waals surface area (Å²) in [5.41, 5.74) is 8.76. The number of nitrogens with zero attached hydrogens (tertiary/aromatic N) is 1. The van der Waals surface area contributed by atoms with Gasteiger partial charge in [0.2, 0.25) is 11.8 Å². The molecule has 0 unspecified atom stereocenters. The zero-order valence-electron chi connectivity index (χ0n) is 22.0. The Kier molecular flexibility index (Phi) is 7.55. The molecular weight excluding hydrogens is 448 g/mol. The van der Waals surface area contributed by atoms with Crippen molar-refractivity contribution in [3.05, 3.63) is 71.9 Å².